The lowest BCUT2D eigenvalue weighted by atomic mass is 10.00. The van der Waals surface area contributed by atoms with E-state index in [0.717, 1.165) is 33.6 Å². The highest BCUT2D eigenvalue weighted by Gasteiger charge is 2.12. The Kier molecular flexibility index (Phi) is 6.38. The van der Waals surface area contributed by atoms with E-state index < -0.39 is 0 Å². The summed E-state index contributed by atoms with van der Waals surface area (Å²) in [5.74, 6) is -0.289. The van der Waals surface area contributed by atoms with Crippen LogP contribution < -0.4 is 5.32 Å². The second-order valence-electron chi connectivity index (χ2n) is 7.04. The van der Waals surface area contributed by atoms with Gasteiger partial charge < -0.3 is 10.1 Å². The monoisotopic (exact) mass is 412 g/mol. The summed E-state index contributed by atoms with van der Waals surface area (Å²) >= 11 is 0. The Bertz CT molecular complexity index is 1140. The van der Waals surface area contributed by atoms with Gasteiger partial charge in [-0.05, 0) is 47.9 Å². The maximum atomic E-state index is 11.8. The largest absolute Gasteiger partial charge is 0.465 e. The molecule has 2 heterocycles. The van der Waals surface area contributed by atoms with E-state index in [9.17, 15) is 4.79 Å². The lowest BCUT2D eigenvalue weighted by molar-refractivity contribution is -0.140. The lowest BCUT2D eigenvalue weighted by Crippen LogP contribution is -2.17. The van der Waals surface area contributed by atoms with Crippen LogP contribution in [0.2, 0.25) is 0 Å². The number of rotatable bonds is 8. The number of carbonyl (C=O) groups excluding carboxylic acids is 1. The summed E-state index contributed by atoms with van der Waals surface area (Å²) in [4.78, 5) is 16.0. The molecule has 0 radical (unpaired) electrons. The van der Waals surface area contributed by atoms with Crippen molar-refractivity contribution in [3.05, 3.63) is 90.9 Å². The van der Waals surface area contributed by atoms with E-state index in [2.05, 4.69) is 28.5 Å². The number of nitrogens with one attached hydrogen (secondary N) is 1. The fourth-order valence-electron chi connectivity index (χ4n) is 3.37. The zero-order valence-corrected chi connectivity index (χ0v) is 17.4. The summed E-state index contributed by atoms with van der Waals surface area (Å²) in [5, 5.41) is 7.97. The highest BCUT2D eigenvalue weighted by Crippen LogP contribution is 2.32. The van der Waals surface area contributed by atoms with Crippen molar-refractivity contribution in [3.63, 3.8) is 0 Å². The van der Waals surface area contributed by atoms with Gasteiger partial charge in [0.15, 0.2) is 0 Å². The predicted molar refractivity (Wildman–Crippen MR) is 122 cm³/mol. The van der Waals surface area contributed by atoms with Gasteiger partial charge in [0.2, 0.25) is 0 Å². The average molecular weight is 412 g/mol. The van der Waals surface area contributed by atoms with Crippen LogP contribution in [0, 0.1) is 0 Å². The van der Waals surface area contributed by atoms with E-state index in [1.807, 2.05) is 65.6 Å². The van der Waals surface area contributed by atoms with E-state index in [0.29, 0.717) is 13.2 Å². The SMILES string of the molecule is CCOC(=O)CNc1ccc(-c2ccccc2)cc1-c1ccn(Cc2cccnc2)n1. The van der Waals surface area contributed by atoms with Crippen LogP contribution in [-0.4, -0.2) is 33.9 Å². The molecule has 6 nitrogen and oxygen atoms in total. The van der Waals surface area contributed by atoms with Crippen molar-refractivity contribution in [2.24, 2.45) is 0 Å². The molecular formula is C25H24N4O2. The maximum absolute atomic E-state index is 11.8. The van der Waals surface area contributed by atoms with Crippen LogP contribution in [0.5, 0.6) is 0 Å². The fraction of sp³-hybridized carbons (Fsp3) is 0.160. The first-order valence-electron chi connectivity index (χ1n) is 10.2. The van der Waals surface area contributed by atoms with Crippen LogP contribution in [0.25, 0.3) is 22.4 Å². The maximum Gasteiger partial charge on any atom is 0.325 e. The van der Waals surface area contributed by atoms with Gasteiger partial charge in [-0.3, -0.25) is 14.5 Å². The number of nitrogens with zero attached hydrogens (tertiary/aromatic N) is 3. The first-order chi connectivity index (χ1) is 15.2. The third kappa shape index (κ3) is 5.17. The number of esters is 1. The van der Waals surface area contributed by atoms with E-state index >= 15 is 0 Å². The molecule has 0 saturated carbocycles. The van der Waals surface area contributed by atoms with Gasteiger partial charge in [0.05, 0.1) is 18.8 Å². The highest BCUT2D eigenvalue weighted by atomic mass is 16.5. The molecule has 1 N–H and O–H groups in total. The molecule has 0 unspecified atom stereocenters. The van der Waals surface area contributed by atoms with Gasteiger partial charge in [0.25, 0.3) is 0 Å². The van der Waals surface area contributed by atoms with Crippen LogP contribution >= 0.6 is 0 Å². The van der Waals surface area contributed by atoms with E-state index in [1.165, 1.54) is 0 Å². The standard InChI is InChI=1S/C25H24N4O2/c1-2-31-25(30)17-27-23-11-10-21(20-8-4-3-5-9-20)15-22(23)24-12-14-29(28-24)18-19-7-6-13-26-16-19/h3-16,27H,2,17-18H2,1H3. The van der Waals surface area contributed by atoms with Gasteiger partial charge in [-0.1, -0.05) is 42.5 Å². The van der Waals surface area contributed by atoms with Crippen molar-refractivity contribution in [1.82, 2.24) is 14.8 Å². The molecule has 2 aromatic heterocycles. The van der Waals surface area contributed by atoms with Crippen molar-refractivity contribution in [1.29, 1.82) is 0 Å². The number of pyridine rings is 1. The number of aromatic nitrogens is 3. The molecule has 0 bridgehead atoms. The molecule has 0 aliphatic heterocycles. The molecule has 0 atom stereocenters. The van der Waals surface area contributed by atoms with Crippen LogP contribution in [0.15, 0.2) is 85.3 Å². The number of hydrogen-bond acceptors (Lipinski definition) is 5. The zero-order valence-electron chi connectivity index (χ0n) is 17.4. The van der Waals surface area contributed by atoms with Gasteiger partial charge in [-0.2, -0.15) is 5.10 Å². The Balaban J connectivity index is 1.65. The molecule has 0 saturated heterocycles. The smallest absolute Gasteiger partial charge is 0.325 e. The Morgan fingerprint density at radius 1 is 1.03 bits per heavy atom. The minimum atomic E-state index is -0.289. The van der Waals surface area contributed by atoms with Crippen molar-refractivity contribution in [3.8, 4) is 22.4 Å². The number of ether oxygens (including phenoxy) is 1. The second-order valence-corrected chi connectivity index (χ2v) is 7.04. The quantitative estimate of drug-likeness (QED) is 0.427. The highest BCUT2D eigenvalue weighted by molar-refractivity contribution is 5.84. The normalized spacial score (nSPS) is 10.6. The molecule has 31 heavy (non-hydrogen) atoms. The molecule has 6 heteroatoms. The molecule has 0 spiro atoms. The average Bonchev–Trinajstić information content (AvgIpc) is 3.27. The molecule has 0 fully saturated rings. The van der Waals surface area contributed by atoms with Crippen LogP contribution in [-0.2, 0) is 16.1 Å². The molecule has 4 rings (SSSR count). The van der Waals surface area contributed by atoms with E-state index in [4.69, 9.17) is 9.84 Å². The molecule has 156 valence electrons. The molecular weight excluding hydrogens is 388 g/mol. The molecule has 4 aromatic rings. The Morgan fingerprint density at radius 3 is 2.68 bits per heavy atom. The number of benzene rings is 2. The lowest BCUT2D eigenvalue weighted by Gasteiger charge is -2.13. The summed E-state index contributed by atoms with van der Waals surface area (Å²) in [7, 11) is 0. The minimum absolute atomic E-state index is 0.0991. The summed E-state index contributed by atoms with van der Waals surface area (Å²) in [6, 6.07) is 22.2. The molecule has 0 aliphatic rings. The number of anilines is 1. The van der Waals surface area contributed by atoms with E-state index in [-0.39, 0.29) is 12.5 Å². The van der Waals surface area contributed by atoms with Gasteiger partial charge in [0, 0.05) is 29.8 Å². The van der Waals surface area contributed by atoms with Crippen molar-refractivity contribution >= 4 is 11.7 Å². The Hall–Kier alpha value is -3.93. The third-order valence-electron chi connectivity index (χ3n) is 4.84. The van der Waals surface area contributed by atoms with Crippen molar-refractivity contribution in [2.75, 3.05) is 18.5 Å². The molecule has 2 aromatic carbocycles. The summed E-state index contributed by atoms with van der Waals surface area (Å²) in [6.07, 6.45) is 5.55. The van der Waals surface area contributed by atoms with Crippen molar-refractivity contribution in [2.45, 2.75) is 13.5 Å². The summed E-state index contributed by atoms with van der Waals surface area (Å²) < 4.78 is 6.93. The van der Waals surface area contributed by atoms with Crippen LogP contribution in [0.4, 0.5) is 5.69 Å². The summed E-state index contributed by atoms with van der Waals surface area (Å²) in [6.45, 7) is 2.89. The van der Waals surface area contributed by atoms with Gasteiger partial charge in [-0.15, -0.1) is 0 Å². The second kappa shape index (κ2) is 9.71. The van der Waals surface area contributed by atoms with Crippen LogP contribution in [0.3, 0.4) is 0 Å². The summed E-state index contributed by atoms with van der Waals surface area (Å²) in [5.41, 5.74) is 5.87. The topological polar surface area (TPSA) is 69.0 Å². The van der Waals surface area contributed by atoms with Crippen LogP contribution in [0.1, 0.15) is 12.5 Å². The van der Waals surface area contributed by atoms with Gasteiger partial charge >= 0.3 is 5.97 Å². The third-order valence-corrected chi connectivity index (χ3v) is 4.84. The molecule has 0 aliphatic carbocycles. The van der Waals surface area contributed by atoms with Crippen molar-refractivity contribution < 1.29 is 9.53 Å². The number of hydrogen-bond donors (Lipinski definition) is 1. The minimum Gasteiger partial charge on any atom is -0.465 e. The Morgan fingerprint density at radius 2 is 1.90 bits per heavy atom. The molecule has 0 amide bonds. The number of carbonyl (C=O) groups is 1. The van der Waals surface area contributed by atoms with Gasteiger partial charge in [-0.25, -0.2) is 0 Å². The van der Waals surface area contributed by atoms with E-state index in [1.54, 1.807) is 13.1 Å². The predicted octanol–water partition coefficient (Wildman–Crippen LogP) is 4.64. The van der Waals surface area contributed by atoms with Gasteiger partial charge in [0.1, 0.15) is 6.54 Å². The zero-order chi connectivity index (χ0) is 21.5. The first-order valence-corrected chi connectivity index (χ1v) is 10.2. The fourth-order valence-corrected chi connectivity index (χ4v) is 3.37. The first kappa shape index (κ1) is 20.3. The Labute approximate surface area is 181 Å².